The Labute approximate surface area is 109 Å². The van der Waals surface area contributed by atoms with E-state index >= 15 is 0 Å². The van der Waals surface area contributed by atoms with Gasteiger partial charge in [0.05, 0.1) is 5.56 Å². The molecule has 18 heavy (non-hydrogen) atoms. The van der Waals surface area contributed by atoms with E-state index < -0.39 is 5.97 Å². The molecule has 0 fully saturated rings. The van der Waals surface area contributed by atoms with Gasteiger partial charge in [0, 0.05) is 25.7 Å². The predicted molar refractivity (Wildman–Crippen MR) is 72.9 cm³/mol. The highest BCUT2D eigenvalue weighted by atomic mass is 16.4. The smallest absolute Gasteiger partial charge is 0.336 e. The van der Waals surface area contributed by atoms with Crippen LogP contribution in [0, 0.1) is 0 Å². The second-order valence-corrected chi connectivity index (χ2v) is 4.71. The number of carbonyl (C=O) groups is 1. The second-order valence-electron chi connectivity index (χ2n) is 4.71. The molecule has 2 N–H and O–H groups in total. The summed E-state index contributed by atoms with van der Waals surface area (Å²) in [5.74, 6) is -0.869. The molecule has 4 heteroatoms. The number of nitrogens with one attached hydrogen (secondary N) is 1. The summed E-state index contributed by atoms with van der Waals surface area (Å²) in [4.78, 5) is 13.3. The maximum absolute atomic E-state index is 11.0. The highest BCUT2D eigenvalue weighted by molar-refractivity contribution is 5.89. The van der Waals surface area contributed by atoms with E-state index in [4.69, 9.17) is 5.11 Å². The van der Waals surface area contributed by atoms with Crippen molar-refractivity contribution in [1.82, 2.24) is 10.2 Å². The van der Waals surface area contributed by atoms with Crippen molar-refractivity contribution in [2.45, 2.75) is 26.4 Å². The van der Waals surface area contributed by atoms with Crippen molar-refractivity contribution in [2.24, 2.45) is 0 Å². The number of aromatic carboxylic acids is 1. The molecule has 100 valence electrons. The Morgan fingerprint density at radius 1 is 1.39 bits per heavy atom. The Bertz CT molecular complexity index is 391. The van der Waals surface area contributed by atoms with E-state index in [2.05, 4.69) is 31.1 Å². The Hall–Kier alpha value is -1.39. The number of rotatable bonds is 7. The first-order valence-electron chi connectivity index (χ1n) is 6.24. The molecule has 0 aliphatic heterocycles. The normalized spacial score (nSPS) is 11.2. The molecule has 0 heterocycles. The Balaban J connectivity index is 2.42. The predicted octanol–water partition coefficient (Wildman–Crippen LogP) is 1.81. The molecule has 0 bridgehead atoms. The van der Waals surface area contributed by atoms with Crippen molar-refractivity contribution in [1.29, 1.82) is 0 Å². The number of carboxylic acids is 1. The lowest BCUT2D eigenvalue weighted by Gasteiger charge is -2.21. The molecule has 1 rings (SSSR count). The second kappa shape index (κ2) is 7.13. The minimum absolute atomic E-state index is 0.377. The van der Waals surface area contributed by atoms with Gasteiger partial charge in [-0.2, -0.15) is 0 Å². The molecule has 0 aliphatic rings. The van der Waals surface area contributed by atoms with E-state index in [-0.39, 0.29) is 0 Å². The van der Waals surface area contributed by atoms with Crippen molar-refractivity contribution in [3.05, 3.63) is 35.4 Å². The third kappa shape index (κ3) is 4.47. The number of hydrogen-bond acceptors (Lipinski definition) is 3. The maximum Gasteiger partial charge on any atom is 0.336 e. The van der Waals surface area contributed by atoms with Crippen molar-refractivity contribution in [3.8, 4) is 0 Å². The molecule has 0 saturated carbocycles. The maximum atomic E-state index is 11.0. The van der Waals surface area contributed by atoms with Gasteiger partial charge < -0.3 is 15.3 Å². The van der Waals surface area contributed by atoms with Gasteiger partial charge in [0.1, 0.15) is 0 Å². The highest BCUT2D eigenvalue weighted by Gasteiger charge is 2.08. The lowest BCUT2D eigenvalue weighted by atomic mass is 10.1. The largest absolute Gasteiger partial charge is 0.478 e. The standard InChI is InChI=1S/C14H22N2O2/c1-11(2)16(3)9-8-15-10-12-6-4-5-7-13(12)14(17)18/h4-7,11,15H,8-10H2,1-3H3,(H,17,18). The van der Waals surface area contributed by atoms with E-state index in [0.717, 1.165) is 18.7 Å². The number of hydrogen-bond donors (Lipinski definition) is 2. The van der Waals surface area contributed by atoms with Crippen LogP contribution >= 0.6 is 0 Å². The van der Waals surface area contributed by atoms with Gasteiger partial charge in [-0.1, -0.05) is 18.2 Å². The number of benzene rings is 1. The first-order chi connectivity index (χ1) is 8.52. The van der Waals surface area contributed by atoms with Crippen LogP contribution in [0.5, 0.6) is 0 Å². The SMILES string of the molecule is CC(C)N(C)CCNCc1ccccc1C(=O)O. The summed E-state index contributed by atoms with van der Waals surface area (Å²) in [6.45, 7) is 6.70. The quantitative estimate of drug-likeness (QED) is 0.725. The molecule has 0 unspecified atom stereocenters. The molecule has 1 aromatic rings. The van der Waals surface area contributed by atoms with Crippen molar-refractivity contribution >= 4 is 5.97 Å². The Morgan fingerprint density at radius 2 is 2.06 bits per heavy atom. The zero-order valence-electron chi connectivity index (χ0n) is 11.3. The van der Waals surface area contributed by atoms with Gasteiger partial charge in [-0.25, -0.2) is 4.79 Å². The molecular formula is C14H22N2O2. The molecule has 0 atom stereocenters. The van der Waals surface area contributed by atoms with Crippen molar-refractivity contribution in [2.75, 3.05) is 20.1 Å². The highest BCUT2D eigenvalue weighted by Crippen LogP contribution is 2.08. The van der Waals surface area contributed by atoms with Crippen LogP contribution in [0.4, 0.5) is 0 Å². The summed E-state index contributed by atoms with van der Waals surface area (Å²) in [5.41, 5.74) is 1.21. The van der Waals surface area contributed by atoms with Gasteiger partial charge in [0.15, 0.2) is 0 Å². The van der Waals surface area contributed by atoms with Gasteiger partial charge in [0.25, 0.3) is 0 Å². The van der Waals surface area contributed by atoms with Crippen LogP contribution in [-0.2, 0) is 6.54 Å². The molecule has 0 spiro atoms. The molecule has 0 saturated heterocycles. The summed E-state index contributed by atoms with van der Waals surface area (Å²) < 4.78 is 0. The lowest BCUT2D eigenvalue weighted by Crippen LogP contribution is -2.33. The summed E-state index contributed by atoms with van der Waals surface area (Å²) >= 11 is 0. The number of carboxylic acid groups (broad SMARTS) is 1. The summed E-state index contributed by atoms with van der Waals surface area (Å²) in [6.07, 6.45) is 0. The molecule has 0 aliphatic carbocycles. The van der Waals surface area contributed by atoms with Gasteiger partial charge in [-0.3, -0.25) is 0 Å². The summed E-state index contributed by atoms with van der Waals surface area (Å²) in [5, 5.41) is 12.3. The third-order valence-corrected chi connectivity index (χ3v) is 3.09. The molecule has 0 radical (unpaired) electrons. The van der Waals surface area contributed by atoms with Crippen LogP contribution in [0.1, 0.15) is 29.8 Å². The van der Waals surface area contributed by atoms with Crippen LogP contribution in [0.2, 0.25) is 0 Å². The van der Waals surface area contributed by atoms with Gasteiger partial charge in [0.2, 0.25) is 0 Å². The summed E-state index contributed by atoms with van der Waals surface area (Å²) in [6, 6.07) is 7.63. The molecule has 1 aromatic carbocycles. The van der Waals surface area contributed by atoms with Gasteiger partial charge in [-0.15, -0.1) is 0 Å². The van der Waals surface area contributed by atoms with E-state index in [1.54, 1.807) is 12.1 Å². The molecule has 4 nitrogen and oxygen atoms in total. The fraction of sp³-hybridized carbons (Fsp3) is 0.500. The van der Waals surface area contributed by atoms with Gasteiger partial charge in [-0.05, 0) is 32.5 Å². The topological polar surface area (TPSA) is 52.6 Å². The average Bonchev–Trinajstić information content (AvgIpc) is 2.34. The number of nitrogens with zero attached hydrogens (tertiary/aromatic N) is 1. The first-order valence-corrected chi connectivity index (χ1v) is 6.24. The minimum atomic E-state index is -0.869. The van der Waals surface area contributed by atoms with Crippen LogP contribution in [0.3, 0.4) is 0 Å². The van der Waals surface area contributed by atoms with Crippen LogP contribution in [0.25, 0.3) is 0 Å². The average molecular weight is 250 g/mol. The monoisotopic (exact) mass is 250 g/mol. The zero-order chi connectivity index (χ0) is 13.5. The fourth-order valence-corrected chi connectivity index (χ4v) is 1.62. The Morgan fingerprint density at radius 3 is 2.67 bits per heavy atom. The van der Waals surface area contributed by atoms with Crippen LogP contribution < -0.4 is 5.32 Å². The fourth-order valence-electron chi connectivity index (χ4n) is 1.62. The summed E-state index contributed by atoms with van der Waals surface area (Å²) in [7, 11) is 2.08. The minimum Gasteiger partial charge on any atom is -0.478 e. The number of likely N-dealkylation sites (N-methyl/N-ethyl adjacent to an activating group) is 1. The third-order valence-electron chi connectivity index (χ3n) is 3.09. The van der Waals surface area contributed by atoms with Crippen molar-refractivity contribution in [3.63, 3.8) is 0 Å². The van der Waals surface area contributed by atoms with Crippen LogP contribution in [-0.4, -0.2) is 42.2 Å². The van der Waals surface area contributed by atoms with Crippen molar-refractivity contribution < 1.29 is 9.90 Å². The molecule has 0 amide bonds. The van der Waals surface area contributed by atoms with E-state index in [9.17, 15) is 4.79 Å². The molecular weight excluding hydrogens is 228 g/mol. The lowest BCUT2D eigenvalue weighted by molar-refractivity contribution is 0.0695. The van der Waals surface area contributed by atoms with E-state index in [1.807, 2.05) is 12.1 Å². The molecule has 0 aromatic heterocycles. The first kappa shape index (κ1) is 14.7. The van der Waals surface area contributed by atoms with E-state index in [0.29, 0.717) is 18.2 Å². The zero-order valence-corrected chi connectivity index (χ0v) is 11.3. The Kier molecular flexibility index (Phi) is 5.82. The van der Waals surface area contributed by atoms with Gasteiger partial charge >= 0.3 is 5.97 Å². The van der Waals surface area contributed by atoms with E-state index in [1.165, 1.54) is 0 Å². The van der Waals surface area contributed by atoms with Crippen LogP contribution in [0.15, 0.2) is 24.3 Å².